The molecular formula is C19H21N3O5S. The van der Waals surface area contributed by atoms with Crippen molar-refractivity contribution in [1.29, 1.82) is 0 Å². The third-order valence-corrected chi connectivity index (χ3v) is 6.26. The van der Waals surface area contributed by atoms with Crippen LogP contribution in [0.15, 0.2) is 41.3 Å². The van der Waals surface area contributed by atoms with Crippen LogP contribution in [0, 0.1) is 24.0 Å². The Morgan fingerprint density at radius 3 is 2.46 bits per heavy atom. The van der Waals surface area contributed by atoms with E-state index >= 15 is 0 Å². The Kier molecular flexibility index (Phi) is 5.37. The number of anilines is 2. The number of aryl methyl sites for hydroxylation is 2. The van der Waals surface area contributed by atoms with Crippen LogP contribution in [-0.2, 0) is 14.8 Å². The number of piperidine rings is 1. The minimum absolute atomic E-state index is 0.0647. The minimum Gasteiger partial charge on any atom is -0.312 e. The molecule has 1 fully saturated rings. The van der Waals surface area contributed by atoms with E-state index in [4.69, 9.17) is 0 Å². The molecule has 1 aliphatic rings. The molecule has 0 aliphatic carbocycles. The van der Waals surface area contributed by atoms with E-state index in [0.717, 1.165) is 30.2 Å². The van der Waals surface area contributed by atoms with Crippen LogP contribution in [0.1, 0.15) is 30.4 Å². The first-order valence-corrected chi connectivity index (χ1v) is 10.4. The number of benzene rings is 2. The van der Waals surface area contributed by atoms with E-state index in [2.05, 4.69) is 4.72 Å². The van der Waals surface area contributed by atoms with Crippen LogP contribution < -0.4 is 9.62 Å². The topological polar surface area (TPSA) is 110 Å². The lowest BCUT2D eigenvalue weighted by Gasteiger charge is -2.28. The lowest BCUT2D eigenvalue weighted by atomic mass is 10.1. The maximum atomic E-state index is 12.7. The monoisotopic (exact) mass is 403 g/mol. The largest absolute Gasteiger partial charge is 0.312 e. The first-order valence-electron chi connectivity index (χ1n) is 8.88. The van der Waals surface area contributed by atoms with Gasteiger partial charge in [0.2, 0.25) is 5.91 Å². The summed E-state index contributed by atoms with van der Waals surface area (Å²) in [5, 5.41) is 11.0. The molecule has 0 aromatic heterocycles. The molecule has 148 valence electrons. The predicted octanol–water partition coefficient (Wildman–Crippen LogP) is 3.53. The van der Waals surface area contributed by atoms with Gasteiger partial charge in [-0.2, -0.15) is 0 Å². The van der Waals surface area contributed by atoms with Crippen LogP contribution in [0.2, 0.25) is 0 Å². The van der Waals surface area contributed by atoms with E-state index in [-0.39, 0.29) is 16.5 Å². The van der Waals surface area contributed by atoms with Gasteiger partial charge >= 0.3 is 0 Å². The number of rotatable bonds is 5. The number of hydrogen-bond acceptors (Lipinski definition) is 5. The number of nitrogens with one attached hydrogen (secondary N) is 1. The van der Waals surface area contributed by atoms with Crippen molar-refractivity contribution in [2.75, 3.05) is 16.2 Å². The van der Waals surface area contributed by atoms with E-state index in [1.54, 1.807) is 30.0 Å². The highest BCUT2D eigenvalue weighted by atomic mass is 32.2. The highest BCUT2D eigenvalue weighted by molar-refractivity contribution is 7.92. The fourth-order valence-electron chi connectivity index (χ4n) is 3.28. The molecule has 0 saturated carbocycles. The fraction of sp³-hybridized carbons (Fsp3) is 0.316. The van der Waals surface area contributed by atoms with Gasteiger partial charge < -0.3 is 4.90 Å². The molecule has 1 N–H and O–H groups in total. The van der Waals surface area contributed by atoms with Gasteiger partial charge in [0.15, 0.2) is 0 Å². The van der Waals surface area contributed by atoms with Crippen molar-refractivity contribution >= 4 is 33.0 Å². The van der Waals surface area contributed by atoms with Crippen molar-refractivity contribution in [3.63, 3.8) is 0 Å². The van der Waals surface area contributed by atoms with E-state index in [0.29, 0.717) is 24.2 Å². The van der Waals surface area contributed by atoms with Crippen molar-refractivity contribution in [3.8, 4) is 0 Å². The van der Waals surface area contributed by atoms with Crippen LogP contribution in [0.4, 0.5) is 17.1 Å². The molecule has 3 rings (SSSR count). The van der Waals surface area contributed by atoms with Crippen molar-refractivity contribution in [1.82, 2.24) is 0 Å². The Labute approximate surface area is 163 Å². The predicted molar refractivity (Wildman–Crippen MR) is 106 cm³/mol. The highest BCUT2D eigenvalue weighted by Gasteiger charge is 2.23. The molecule has 0 atom stereocenters. The van der Waals surface area contributed by atoms with E-state index < -0.39 is 14.9 Å². The van der Waals surface area contributed by atoms with Crippen molar-refractivity contribution in [3.05, 3.63) is 57.6 Å². The molecule has 0 unspecified atom stereocenters. The third-order valence-electron chi connectivity index (χ3n) is 4.74. The van der Waals surface area contributed by atoms with Crippen molar-refractivity contribution in [2.45, 2.75) is 38.0 Å². The van der Waals surface area contributed by atoms with Gasteiger partial charge in [0.25, 0.3) is 15.7 Å². The summed E-state index contributed by atoms with van der Waals surface area (Å²) < 4.78 is 28.0. The summed E-state index contributed by atoms with van der Waals surface area (Å²) in [7, 11) is -4.00. The number of nitro benzene ring substituents is 1. The van der Waals surface area contributed by atoms with Crippen molar-refractivity contribution in [2.24, 2.45) is 0 Å². The number of amides is 1. The molecule has 0 radical (unpaired) electrons. The molecule has 0 bridgehead atoms. The molecule has 8 nitrogen and oxygen atoms in total. The lowest BCUT2D eigenvalue weighted by molar-refractivity contribution is -0.385. The fourth-order valence-corrected chi connectivity index (χ4v) is 4.60. The summed E-state index contributed by atoms with van der Waals surface area (Å²) in [6.07, 6.45) is 2.33. The van der Waals surface area contributed by atoms with E-state index in [1.165, 1.54) is 12.1 Å². The van der Waals surface area contributed by atoms with Crippen LogP contribution in [0.25, 0.3) is 0 Å². The molecule has 2 aromatic carbocycles. The van der Waals surface area contributed by atoms with E-state index in [1.807, 2.05) is 6.92 Å². The second kappa shape index (κ2) is 7.59. The smallest absolute Gasteiger partial charge is 0.270 e. The molecule has 1 amide bonds. The minimum atomic E-state index is -4.00. The van der Waals surface area contributed by atoms with Crippen LogP contribution >= 0.6 is 0 Å². The quantitative estimate of drug-likeness (QED) is 0.607. The van der Waals surface area contributed by atoms with Gasteiger partial charge in [-0.25, -0.2) is 8.42 Å². The molecule has 0 spiro atoms. The second-order valence-electron chi connectivity index (χ2n) is 6.82. The van der Waals surface area contributed by atoms with Gasteiger partial charge in [0, 0.05) is 36.5 Å². The number of sulfonamides is 1. The Hall–Kier alpha value is -2.94. The zero-order valence-corrected chi connectivity index (χ0v) is 16.5. The number of carbonyl (C=O) groups excluding carboxylic acids is 1. The molecule has 1 heterocycles. The zero-order chi connectivity index (χ0) is 20.5. The van der Waals surface area contributed by atoms with Crippen LogP contribution in [0.3, 0.4) is 0 Å². The normalized spacial score (nSPS) is 14.8. The average Bonchev–Trinajstić information content (AvgIpc) is 2.62. The summed E-state index contributed by atoms with van der Waals surface area (Å²) in [4.78, 5) is 24.0. The Balaban J connectivity index is 1.89. The molecule has 28 heavy (non-hydrogen) atoms. The maximum absolute atomic E-state index is 12.7. The summed E-state index contributed by atoms with van der Waals surface area (Å²) in [5.74, 6) is 0.0647. The Morgan fingerprint density at radius 1 is 1.07 bits per heavy atom. The lowest BCUT2D eigenvalue weighted by Crippen LogP contribution is -2.35. The zero-order valence-electron chi connectivity index (χ0n) is 15.6. The van der Waals surface area contributed by atoms with E-state index in [9.17, 15) is 23.3 Å². The number of non-ortho nitro benzene ring substituents is 1. The SMILES string of the molecule is Cc1cc(NS(=O)(=O)c2cc([N+](=O)[O-])ccc2C)ccc1N1CCCCC1=O. The van der Waals surface area contributed by atoms with Gasteiger partial charge in [0.1, 0.15) is 0 Å². The van der Waals surface area contributed by atoms with Crippen LogP contribution in [-0.4, -0.2) is 25.8 Å². The summed E-state index contributed by atoms with van der Waals surface area (Å²) >= 11 is 0. The number of carbonyl (C=O) groups is 1. The number of nitrogens with zero attached hydrogens (tertiary/aromatic N) is 2. The van der Waals surface area contributed by atoms with Gasteiger partial charge in [0.05, 0.1) is 9.82 Å². The number of hydrogen-bond donors (Lipinski definition) is 1. The second-order valence-corrected chi connectivity index (χ2v) is 8.47. The first-order chi connectivity index (χ1) is 13.2. The molecule has 1 aliphatic heterocycles. The molecule has 1 saturated heterocycles. The van der Waals surface area contributed by atoms with Gasteiger partial charge in [-0.15, -0.1) is 0 Å². The maximum Gasteiger partial charge on any atom is 0.270 e. The molecular weight excluding hydrogens is 382 g/mol. The Bertz CT molecular complexity index is 1050. The summed E-state index contributed by atoms with van der Waals surface area (Å²) in [6.45, 7) is 4.04. The summed E-state index contributed by atoms with van der Waals surface area (Å²) in [6, 6.07) is 8.68. The van der Waals surface area contributed by atoms with Gasteiger partial charge in [-0.05, 0) is 56.0 Å². The van der Waals surface area contributed by atoms with Crippen molar-refractivity contribution < 1.29 is 18.1 Å². The standard InChI is InChI=1S/C19H21N3O5S/c1-13-6-8-16(22(24)25)12-18(13)28(26,27)20-15-7-9-17(14(2)11-15)21-10-4-3-5-19(21)23/h6-9,11-12,20H,3-5,10H2,1-2H3. The number of nitro groups is 1. The Morgan fingerprint density at radius 2 is 1.82 bits per heavy atom. The molecule has 9 heteroatoms. The van der Waals surface area contributed by atoms with Gasteiger partial charge in [-0.1, -0.05) is 6.07 Å². The van der Waals surface area contributed by atoms with Crippen LogP contribution in [0.5, 0.6) is 0 Å². The average molecular weight is 403 g/mol. The summed E-state index contributed by atoms with van der Waals surface area (Å²) in [5.41, 5.74) is 1.98. The third kappa shape index (κ3) is 3.99. The van der Waals surface area contributed by atoms with Gasteiger partial charge in [-0.3, -0.25) is 19.6 Å². The first kappa shape index (κ1) is 19.8. The molecule has 2 aromatic rings. The highest BCUT2D eigenvalue weighted by Crippen LogP contribution is 2.29.